The van der Waals surface area contributed by atoms with Gasteiger partial charge in [0, 0.05) is 18.9 Å². The van der Waals surface area contributed by atoms with E-state index in [0.717, 1.165) is 37.7 Å². The number of rotatable bonds is 7. The average Bonchev–Trinajstić information content (AvgIpc) is 3.49. The van der Waals surface area contributed by atoms with Crippen molar-refractivity contribution in [3.05, 3.63) is 48.0 Å². The highest BCUT2D eigenvalue weighted by molar-refractivity contribution is 5.96. The largest absolute Gasteiger partial charge is 0.479 e. The zero-order valence-corrected chi connectivity index (χ0v) is 23.2. The van der Waals surface area contributed by atoms with Gasteiger partial charge < -0.3 is 30.1 Å². The van der Waals surface area contributed by atoms with E-state index < -0.39 is 47.6 Å². The molecule has 2 fully saturated rings. The Morgan fingerprint density at radius 1 is 1.25 bits per heavy atom. The number of aryl methyl sites for hydroxylation is 1. The number of cyclic esters (lactones) is 1. The van der Waals surface area contributed by atoms with E-state index in [1.165, 1.54) is 16.5 Å². The van der Waals surface area contributed by atoms with E-state index in [1.807, 2.05) is 19.1 Å². The fourth-order valence-corrected chi connectivity index (χ4v) is 5.64. The number of ether oxygens (including phenoxy) is 2. The van der Waals surface area contributed by atoms with Gasteiger partial charge in [0.15, 0.2) is 0 Å². The van der Waals surface area contributed by atoms with Gasteiger partial charge >= 0.3 is 12.1 Å². The number of carbonyl (C=O) groups is 4. The van der Waals surface area contributed by atoms with Gasteiger partial charge in [0.25, 0.3) is 0 Å². The lowest BCUT2D eigenvalue weighted by Gasteiger charge is -2.29. The molecule has 0 unspecified atom stereocenters. The molecule has 1 aliphatic carbocycles. The number of unbranched alkanes of at least 4 members (excludes halogenated alkanes) is 1. The van der Waals surface area contributed by atoms with Crippen LogP contribution in [0.15, 0.2) is 36.9 Å². The minimum Gasteiger partial charge on any atom is -0.479 e. The van der Waals surface area contributed by atoms with Crippen LogP contribution < -0.4 is 10.6 Å². The van der Waals surface area contributed by atoms with Gasteiger partial charge in [-0.3, -0.25) is 9.59 Å². The van der Waals surface area contributed by atoms with Gasteiger partial charge in [-0.15, -0.1) is 6.58 Å². The fraction of sp³-hybridized carbons (Fsp3) is 0.600. The van der Waals surface area contributed by atoms with Crippen LogP contribution >= 0.6 is 0 Å². The second kappa shape index (κ2) is 13.3. The Kier molecular flexibility index (Phi) is 9.84. The first-order valence-corrected chi connectivity index (χ1v) is 14.4. The number of aliphatic carboxylic acids is 1. The van der Waals surface area contributed by atoms with Crippen molar-refractivity contribution in [2.45, 2.75) is 95.0 Å². The van der Waals surface area contributed by atoms with Crippen molar-refractivity contribution in [1.29, 1.82) is 0 Å². The van der Waals surface area contributed by atoms with Crippen LogP contribution in [0.2, 0.25) is 0 Å². The molecule has 1 saturated carbocycles. The Bertz CT molecular complexity index is 1110. The van der Waals surface area contributed by atoms with Gasteiger partial charge in [0.2, 0.25) is 11.8 Å². The second-order valence-corrected chi connectivity index (χ2v) is 11.1. The van der Waals surface area contributed by atoms with E-state index in [2.05, 4.69) is 29.3 Å². The van der Waals surface area contributed by atoms with Gasteiger partial charge in [0.1, 0.15) is 17.6 Å². The van der Waals surface area contributed by atoms with Crippen LogP contribution in [0.4, 0.5) is 4.79 Å². The van der Waals surface area contributed by atoms with Gasteiger partial charge in [-0.05, 0) is 49.7 Å². The maximum atomic E-state index is 13.8. The third kappa shape index (κ3) is 7.02. The summed E-state index contributed by atoms with van der Waals surface area (Å²) in [6.45, 7) is 6.41. The Morgan fingerprint density at radius 3 is 2.77 bits per heavy atom. The second-order valence-electron chi connectivity index (χ2n) is 11.1. The molecule has 2 heterocycles. The number of nitrogens with zero attached hydrogens (tertiary/aromatic N) is 1. The van der Waals surface area contributed by atoms with Crippen LogP contribution in [-0.2, 0) is 36.9 Å². The average molecular weight is 556 g/mol. The summed E-state index contributed by atoms with van der Waals surface area (Å²) >= 11 is 0. The lowest BCUT2D eigenvalue weighted by atomic mass is 10.0. The first kappa shape index (κ1) is 29.6. The summed E-state index contributed by atoms with van der Waals surface area (Å²) in [6.07, 6.45) is 6.31. The van der Waals surface area contributed by atoms with Crippen LogP contribution in [0.3, 0.4) is 0 Å². The number of benzene rings is 1. The highest BCUT2D eigenvalue weighted by atomic mass is 16.5. The first-order valence-electron chi connectivity index (χ1n) is 14.4. The summed E-state index contributed by atoms with van der Waals surface area (Å²) in [7, 11) is 0. The summed E-state index contributed by atoms with van der Waals surface area (Å²) in [5.74, 6) is -2.46. The lowest BCUT2D eigenvalue weighted by molar-refractivity contribution is -0.145. The van der Waals surface area contributed by atoms with Crippen molar-refractivity contribution < 1.29 is 33.8 Å². The predicted octanol–water partition coefficient (Wildman–Crippen LogP) is 3.33. The Morgan fingerprint density at radius 2 is 2.05 bits per heavy atom. The molecule has 4 bridgehead atoms. The molecule has 218 valence electrons. The van der Waals surface area contributed by atoms with Crippen molar-refractivity contribution in [3.63, 3.8) is 0 Å². The third-order valence-corrected chi connectivity index (χ3v) is 8.13. The first-order chi connectivity index (χ1) is 19.3. The molecule has 4 rings (SSSR count). The number of hydrogen-bond donors (Lipinski definition) is 3. The molecule has 1 saturated heterocycles. The van der Waals surface area contributed by atoms with E-state index in [1.54, 1.807) is 0 Å². The zero-order chi connectivity index (χ0) is 28.7. The molecule has 3 amide bonds. The molecule has 40 heavy (non-hydrogen) atoms. The van der Waals surface area contributed by atoms with Crippen molar-refractivity contribution in [2.75, 3.05) is 13.2 Å². The van der Waals surface area contributed by atoms with Crippen LogP contribution in [-0.4, -0.2) is 70.8 Å². The van der Waals surface area contributed by atoms with E-state index >= 15 is 0 Å². The molecule has 3 aliphatic rings. The topological polar surface area (TPSA) is 134 Å². The van der Waals surface area contributed by atoms with E-state index in [4.69, 9.17) is 9.47 Å². The predicted molar refractivity (Wildman–Crippen MR) is 147 cm³/mol. The Hall–Kier alpha value is -3.40. The minimum absolute atomic E-state index is 0.154. The van der Waals surface area contributed by atoms with E-state index in [9.17, 15) is 24.3 Å². The smallest absolute Gasteiger partial charge is 0.407 e. The van der Waals surface area contributed by atoms with Crippen LogP contribution in [0.25, 0.3) is 0 Å². The number of fused-ring (bicyclic) bond motifs is 4. The number of nitrogens with one attached hydrogen (secondary N) is 2. The quantitative estimate of drug-likeness (QED) is 0.440. The number of amides is 3. The number of hydrogen-bond acceptors (Lipinski definition) is 6. The van der Waals surface area contributed by atoms with Crippen molar-refractivity contribution in [1.82, 2.24) is 15.5 Å². The van der Waals surface area contributed by atoms with Gasteiger partial charge in [-0.2, -0.15) is 0 Å². The van der Waals surface area contributed by atoms with E-state index in [-0.39, 0.29) is 31.9 Å². The highest BCUT2D eigenvalue weighted by Gasteiger charge is 2.61. The number of carboxylic acid groups (broad SMARTS) is 1. The number of alkyl carbamates (subject to hydrolysis) is 1. The lowest BCUT2D eigenvalue weighted by Crippen LogP contribution is -2.56. The molecule has 0 radical (unpaired) electrons. The van der Waals surface area contributed by atoms with Crippen LogP contribution in [0.5, 0.6) is 0 Å². The molecule has 0 aromatic heterocycles. The van der Waals surface area contributed by atoms with E-state index in [0.29, 0.717) is 19.4 Å². The van der Waals surface area contributed by atoms with Crippen LogP contribution in [0, 0.1) is 5.92 Å². The maximum absolute atomic E-state index is 13.8. The molecule has 2 aliphatic heterocycles. The molecular weight excluding hydrogens is 514 g/mol. The Balaban J connectivity index is 1.58. The zero-order valence-electron chi connectivity index (χ0n) is 23.2. The molecular formula is C30H41N3O7. The molecule has 1 aromatic rings. The monoisotopic (exact) mass is 555 g/mol. The van der Waals surface area contributed by atoms with Crippen molar-refractivity contribution >= 4 is 23.9 Å². The Labute approximate surface area is 235 Å². The summed E-state index contributed by atoms with van der Waals surface area (Å²) in [5.41, 5.74) is 0.792. The van der Waals surface area contributed by atoms with Crippen molar-refractivity contribution in [3.8, 4) is 0 Å². The van der Waals surface area contributed by atoms with Gasteiger partial charge in [-0.25, -0.2) is 9.59 Å². The molecule has 0 spiro atoms. The standard InChI is InChI=1S/C30H41N3O7/c1-3-5-13-24-27(35)33-18-23(16-25(33)26(34)32-30(28(36)37)17-22(30)4-2)40-19-21-12-9-11-20(15-21)10-7-6-8-14-39-29(38)31-24/h4,9,11-12,15,22-25H,2-3,5-8,10,13-14,16-19H2,1H3,(H,31,38)(H,32,34)(H,36,37)/t22-,23-,24+,25+,30-/m1/s1. The summed E-state index contributed by atoms with van der Waals surface area (Å²) < 4.78 is 11.6. The van der Waals surface area contributed by atoms with Gasteiger partial charge in [0.05, 0.1) is 19.3 Å². The molecule has 3 N–H and O–H groups in total. The summed E-state index contributed by atoms with van der Waals surface area (Å²) in [5, 5.41) is 15.2. The van der Waals surface area contributed by atoms with Gasteiger partial charge in [-0.1, -0.05) is 50.1 Å². The normalized spacial score (nSPS) is 29.4. The number of carboxylic acids is 1. The SMILES string of the molecule is C=C[C@@H]1C[C@]1(NC(=O)[C@@H]1C[C@@H]2CN1C(=O)[C@H](CCCC)NC(=O)OCCCCCc1cccc(c1)CO2)C(=O)O. The summed E-state index contributed by atoms with van der Waals surface area (Å²) in [4.78, 5) is 53.4. The van der Waals surface area contributed by atoms with Crippen LogP contribution in [0.1, 0.15) is 69.4 Å². The fourth-order valence-electron chi connectivity index (χ4n) is 5.64. The molecule has 10 nitrogen and oxygen atoms in total. The minimum atomic E-state index is -1.41. The van der Waals surface area contributed by atoms with Crippen molar-refractivity contribution in [2.24, 2.45) is 5.92 Å². The number of carbonyl (C=O) groups excluding carboxylic acids is 3. The maximum Gasteiger partial charge on any atom is 0.407 e. The third-order valence-electron chi connectivity index (χ3n) is 8.13. The molecule has 10 heteroatoms. The summed E-state index contributed by atoms with van der Waals surface area (Å²) in [6, 6.07) is 6.37. The molecule has 5 atom stereocenters. The highest BCUT2D eigenvalue weighted by Crippen LogP contribution is 2.45. The molecule has 1 aromatic carbocycles.